The Bertz CT molecular complexity index is 450. The summed E-state index contributed by atoms with van der Waals surface area (Å²) >= 11 is 0. The van der Waals surface area contributed by atoms with Crippen LogP contribution in [0.25, 0.3) is 0 Å². The Morgan fingerprint density at radius 2 is 1.95 bits per heavy atom. The van der Waals surface area contributed by atoms with Gasteiger partial charge in [-0.1, -0.05) is 0 Å². The molecule has 0 aliphatic carbocycles. The van der Waals surface area contributed by atoms with Crippen LogP contribution in [0.5, 0.6) is 0 Å². The van der Waals surface area contributed by atoms with E-state index in [2.05, 4.69) is 20.3 Å². The summed E-state index contributed by atoms with van der Waals surface area (Å²) < 4.78 is 48.8. The van der Waals surface area contributed by atoms with Gasteiger partial charge in [-0.2, -0.15) is 0 Å². The fourth-order valence-corrected chi connectivity index (χ4v) is 2.73. The van der Waals surface area contributed by atoms with Crippen LogP contribution in [0.3, 0.4) is 0 Å². The van der Waals surface area contributed by atoms with Crippen molar-refractivity contribution >= 4 is 16.0 Å². The fourth-order valence-electron chi connectivity index (χ4n) is 2.26. The molecular weight excluding hydrogens is 316 g/mol. The van der Waals surface area contributed by atoms with E-state index >= 15 is 0 Å². The standard InChI is InChI=1S/C12H25F2N5O2S/c1-15-12(16-5-6-17-22(2,20)21)18-10-3-7-19(8-4-10)9-11(13)14/h10-11,17H,3-9H2,1-2H3,(H2,15,16,18). The van der Waals surface area contributed by atoms with Gasteiger partial charge in [0.2, 0.25) is 10.0 Å². The molecule has 1 aliphatic rings. The third-order valence-corrected chi connectivity index (χ3v) is 4.06. The molecule has 0 aromatic heterocycles. The van der Waals surface area contributed by atoms with E-state index in [1.54, 1.807) is 11.9 Å². The Balaban J connectivity index is 2.24. The summed E-state index contributed by atoms with van der Waals surface area (Å²) in [6.45, 7) is 1.78. The molecule has 130 valence electrons. The lowest BCUT2D eigenvalue weighted by Crippen LogP contribution is -2.50. The lowest BCUT2D eigenvalue weighted by molar-refractivity contribution is 0.0744. The summed E-state index contributed by atoms with van der Waals surface area (Å²) in [6.07, 6.45) is 0.360. The van der Waals surface area contributed by atoms with Crippen LogP contribution in [0.2, 0.25) is 0 Å². The molecule has 1 saturated heterocycles. The Kier molecular flexibility index (Phi) is 7.97. The zero-order chi connectivity index (χ0) is 16.6. The molecule has 7 nitrogen and oxygen atoms in total. The first kappa shape index (κ1) is 19.0. The number of halogens is 2. The first-order chi connectivity index (χ1) is 10.3. The normalized spacial score (nSPS) is 18.7. The summed E-state index contributed by atoms with van der Waals surface area (Å²) in [5.74, 6) is 0.586. The van der Waals surface area contributed by atoms with Crippen LogP contribution < -0.4 is 15.4 Å². The van der Waals surface area contributed by atoms with E-state index in [9.17, 15) is 17.2 Å². The van der Waals surface area contributed by atoms with Crippen LogP contribution in [0.4, 0.5) is 8.78 Å². The van der Waals surface area contributed by atoms with Crippen molar-refractivity contribution in [3.05, 3.63) is 0 Å². The predicted molar refractivity (Wildman–Crippen MR) is 82.8 cm³/mol. The Morgan fingerprint density at radius 1 is 1.32 bits per heavy atom. The number of guanidine groups is 1. The second-order valence-electron chi connectivity index (χ2n) is 5.28. The molecule has 1 aliphatic heterocycles. The van der Waals surface area contributed by atoms with Crippen molar-refractivity contribution in [1.29, 1.82) is 0 Å². The van der Waals surface area contributed by atoms with Crippen LogP contribution in [0.15, 0.2) is 4.99 Å². The van der Waals surface area contributed by atoms with Gasteiger partial charge in [-0.05, 0) is 12.8 Å². The quantitative estimate of drug-likeness (QED) is 0.328. The van der Waals surface area contributed by atoms with Gasteiger partial charge in [0, 0.05) is 39.3 Å². The third kappa shape index (κ3) is 8.44. The number of nitrogens with one attached hydrogen (secondary N) is 3. The number of alkyl halides is 2. The zero-order valence-electron chi connectivity index (χ0n) is 13.0. The first-order valence-corrected chi connectivity index (χ1v) is 9.11. The minimum absolute atomic E-state index is 0.170. The average Bonchev–Trinajstić information content (AvgIpc) is 2.42. The smallest absolute Gasteiger partial charge is 0.251 e. The van der Waals surface area contributed by atoms with Gasteiger partial charge in [0.25, 0.3) is 6.43 Å². The molecule has 1 fully saturated rings. The zero-order valence-corrected chi connectivity index (χ0v) is 13.8. The molecule has 0 radical (unpaired) electrons. The third-order valence-electron chi connectivity index (χ3n) is 3.33. The highest BCUT2D eigenvalue weighted by Crippen LogP contribution is 2.11. The fraction of sp³-hybridized carbons (Fsp3) is 0.917. The van der Waals surface area contributed by atoms with Crippen molar-refractivity contribution in [1.82, 2.24) is 20.3 Å². The molecule has 3 N–H and O–H groups in total. The molecule has 0 unspecified atom stereocenters. The minimum atomic E-state index is -3.19. The predicted octanol–water partition coefficient (Wildman–Crippen LogP) is -0.570. The van der Waals surface area contributed by atoms with Crippen molar-refractivity contribution < 1.29 is 17.2 Å². The number of piperidine rings is 1. The summed E-state index contributed by atoms with van der Waals surface area (Å²) in [4.78, 5) is 5.83. The number of rotatable bonds is 7. The Morgan fingerprint density at radius 3 is 2.45 bits per heavy atom. The van der Waals surface area contributed by atoms with E-state index in [-0.39, 0.29) is 19.1 Å². The molecular formula is C12H25F2N5O2S. The minimum Gasteiger partial charge on any atom is -0.355 e. The molecule has 1 heterocycles. The van der Waals surface area contributed by atoms with Gasteiger partial charge >= 0.3 is 0 Å². The second-order valence-corrected chi connectivity index (χ2v) is 7.11. The summed E-state index contributed by atoms with van der Waals surface area (Å²) in [5.41, 5.74) is 0. The van der Waals surface area contributed by atoms with Gasteiger partial charge < -0.3 is 10.6 Å². The van der Waals surface area contributed by atoms with Crippen molar-refractivity contribution in [3.63, 3.8) is 0 Å². The van der Waals surface area contributed by atoms with E-state index in [0.29, 0.717) is 25.6 Å². The maximum absolute atomic E-state index is 12.3. The Hall–Kier alpha value is -1.00. The number of aliphatic imine (C=N–C) groups is 1. The molecule has 0 bridgehead atoms. The number of nitrogens with zero attached hydrogens (tertiary/aromatic N) is 2. The van der Waals surface area contributed by atoms with Gasteiger partial charge in [-0.25, -0.2) is 21.9 Å². The lowest BCUT2D eigenvalue weighted by atomic mass is 10.1. The second kappa shape index (κ2) is 9.21. The molecule has 0 aromatic rings. The van der Waals surface area contributed by atoms with Gasteiger partial charge in [-0.15, -0.1) is 0 Å². The average molecular weight is 341 g/mol. The maximum Gasteiger partial charge on any atom is 0.251 e. The molecule has 1 rings (SSSR count). The van der Waals surface area contributed by atoms with E-state index in [1.165, 1.54) is 0 Å². The highest BCUT2D eigenvalue weighted by molar-refractivity contribution is 7.88. The summed E-state index contributed by atoms with van der Waals surface area (Å²) in [7, 11) is -1.56. The van der Waals surface area contributed by atoms with Crippen molar-refractivity contribution in [2.24, 2.45) is 4.99 Å². The van der Waals surface area contributed by atoms with E-state index in [0.717, 1.165) is 19.1 Å². The molecule has 22 heavy (non-hydrogen) atoms. The van der Waals surface area contributed by atoms with Gasteiger partial charge in [0.05, 0.1) is 12.8 Å². The first-order valence-electron chi connectivity index (χ1n) is 7.22. The maximum atomic E-state index is 12.3. The van der Waals surface area contributed by atoms with E-state index < -0.39 is 16.4 Å². The van der Waals surface area contributed by atoms with Crippen molar-refractivity contribution in [2.75, 3.05) is 46.0 Å². The van der Waals surface area contributed by atoms with Gasteiger partial charge in [-0.3, -0.25) is 9.89 Å². The van der Waals surface area contributed by atoms with Gasteiger partial charge in [0.15, 0.2) is 5.96 Å². The van der Waals surface area contributed by atoms with Crippen molar-refractivity contribution in [2.45, 2.75) is 25.3 Å². The Labute approximate surface area is 130 Å². The number of hydrogen-bond donors (Lipinski definition) is 3. The summed E-state index contributed by atoms with van der Waals surface area (Å²) in [6, 6.07) is 0.183. The molecule has 0 spiro atoms. The van der Waals surface area contributed by atoms with Gasteiger partial charge in [0.1, 0.15) is 0 Å². The van der Waals surface area contributed by atoms with Crippen molar-refractivity contribution in [3.8, 4) is 0 Å². The van der Waals surface area contributed by atoms with Crippen LogP contribution in [0, 0.1) is 0 Å². The van der Waals surface area contributed by atoms with Crippen LogP contribution in [-0.4, -0.2) is 77.8 Å². The molecule has 0 atom stereocenters. The number of likely N-dealkylation sites (tertiary alicyclic amines) is 1. The molecule has 0 aromatic carbocycles. The largest absolute Gasteiger partial charge is 0.355 e. The molecule has 10 heteroatoms. The molecule has 0 saturated carbocycles. The number of sulfonamides is 1. The number of hydrogen-bond acceptors (Lipinski definition) is 4. The van der Waals surface area contributed by atoms with Crippen LogP contribution in [0.1, 0.15) is 12.8 Å². The molecule has 0 amide bonds. The SMILES string of the molecule is CN=C(NCCNS(C)(=O)=O)NC1CCN(CC(F)F)CC1. The monoisotopic (exact) mass is 341 g/mol. The highest BCUT2D eigenvalue weighted by Gasteiger charge is 2.21. The highest BCUT2D eigenvalue weighted by atomic mass is 32.2. The topological polar surface area (TPSA) is 85.8 Å². The summed E-state index contributed by atoms with van der Waals surface area (Å²) in [5, 5.41) is 6.24. The van der Waals surface area contributed by atoms with E-state index in [4.69, 9.17) is 0 Å². The van der Waals surface area contributed by atoms with Crippen LogP contribution in [-0.2, 0) is 10.0 Å². The lowest BCUT2D eigenvalue weighted by Gasteiger charge is -2.32. The van der Waals surface area contributed by atoms with E-state index in [1.807, 2.05) is 0 Å². The van der Waals surface area contributed by atoms with Crippen LogP contribution >= 0.6 is 0 Å².